The highest BCUT2D eigenvalue weighted by Gasteiger charge is 2.54. The van der Waals surface area contributed by atoms with E-state index in [1.54, 1.807) is 0 Å². The molecular formula is C16H19N5O. The van der Waals surface area contributed by atoms with Crippen molar-refractivity contribution in [1.29, 1.82) is 0 Å². The quantitative estimate of drug-likeness (QED) is 0.867. The molecule has 2 N–H and O–H groups in total. The molecule has 2 aliphatic carbocycles. The summed E-state index contributed by atoms with van der Waals surface area (Å²) in [6.45, 7) is 0.719. The van der Waals surface area contributed by atoms with Crippen LogP contribution in [0.25, 0.3) is 0 Å². The highest BCUT2D eigenvalue weighted by Crippen LogP contribution is 2.46. The van der Waals surface area contributed by atoms with E-state index in [9.17, 15) is 4.79 Å². The second kappa shape index (κ2) is 5.19. The van der Waals surface area contributed by atoms with Gasteiger partial charge in [0.2, 0.25) is 5.91 Å². The summed E-state index contributed by atoms with van der Waals surface area (Å²) in [4.78, 5) is 12.4. The maximum absolute atomic E-state index is 12.4. The van der Waals surface area contributed by atoms with Crippen molar-refractivity contribution >= 4 is 5.91 Å². The highest BCUT2D eigenvalue weighted by atomic mass is 16.2. The van der Waals surface area contributed by atoms with E-state index < -0.39 is 5.41 Å². The van der Waals surface area contributed by atoms with Crippen molar-refractivity contribution in [3.63, 3.8) is 0 Å². The first kappa shape index (κ1) is 13.4. The summed E-state index contributed by atoms with van der Waals surface area (Å²) in [6.07, 6.45) is 4.90. The van der Waals surface area contributed by atoms with E-state index in [0.29, 0.717) is 11.7 Å². The molecule has 1 heterocycles. The van der Waals surface area contributed by atoms with Crippen LogP contribution in [-0.4, -0.2) is 33.1 Å². The third-order valence-corrected chi connectivity index (χ3v) is 4.93. The third kappa shape index (κ3) is 2.28. The lowest BCUT2D eigenvalue weighted by Gasteiger charge is -2.13. The molecule has 0 unspecified atom stereocenters. The van der Waals surface area contributed by atoms with Crippen molar-refractivity contribution < 1.29 is 4.79 Å². The van der Waals surface area contributed by atoms with Crippen molar-refractivity contribution in [3.8, 4) is 0 Å². The monoisotopic (exact) mass is 297 g/mol. The number of benzene rings is 1. The molecule has 22 heavy (non-hydrogen) atoms. The van der Waals surface area contributed by atoms with Crippen LogP contribution in [-0.2, 0) is 23.1 Å². The van der Waals surface area contributed by atoms with Crippen LogP contribution < -0.4 is 5.32 Å². The Labute approximate surface area is 128 Å². The van der Waals surface area contributed by atoms with E-state index in [1.807, 2.05) is 0 Å². The Kier molecular flexibility index (Phi) is 3.17. The van der Waals surface area contributed by atoms with E-state index in [0.717, 1.165) is 38.6 Å². The molecule has 0 aliphatic heterocycles. The largest absolute Gasteiger partial charge is 0.355 e. The number of aromatic nitrogens is 4. The number of nitrogens with zero attached hydrogens (tertiary/aromatic N) is 3. The zero-order valence-corrected chi connectivity index (χ0v) is 12.4. The number of rotatable bonds is 5. The number of aromatic amines is 1. The number of amides is 1. The molecule has 4 rings (SSSR count). The first-order valence-corrected chi connectivity index (χ1v) is 7.87. The molecule has 114 valence electrons. The molecule has 1 saturated carbocycles. The minimum atomic E-state index is -0.522. The normalized spacial score (nSPS) is 18.9. The van der Waals surface area contributed by atoms with Gasteiger partial charge in [-0.3, -0.25) is 4.79 Å². The van der Waals surface area contributed by atoms with Crippen LogP contribution in [0.4, 0.5) is 0 Å². The number of nitrogens with one attached hydrogen (secondary N) is 2. The van der Waals surface area contributed by atoms with Crippen molar-refractivity contribution in [1.82, 2.24) is 25.9 Å². The van der Waals surface area contributed by atoms with Gasteiger partial charge in [0.25, 0.3) is 0 Å². The predicted octanol–water partition coefficient (Wildman–Crippen LogP) is 1.15. The summed E-state index contributed by atoms with van der Waals surface area (Å²) in [5.74, 6) is 1.21. The lowest BCUT2D eigenvalue weighted by Crippen LogP contribution is -2.36. The molecular weight excluding hydrogens is 278 g/mol. The fourth-order valence-corrected chi connectivity index (χ4v) is 3.45. The fraction of sp³-hybridized carbons (Fsp3) is 0.500. The Balaban J connectivity index is 1.29. The van der Waals surface area contributed by atoms with E-state index in [4.69, 9.17) is 0 Å². The van der Waals surface area contributed by atoms with Crippen LogP contribution in [0.3, 0.4) is 0 Å². The van der Waals surface area contributed by atoms with Gasteiger partial charge in [-0.25, -0.2) is 0 Å². The topological polar surface area (TPSA) is 83.6 Å². The van der Waals surface area contributed by atoms with Gasteiger partial charge in [-0.1, -0.05) is 29.5 Å². The van der Waals surface area contributed by atoms with Crippen molar-refractivity contribution in [2.45, 2.75) is 37.5 Å². The highest BCUT2D eigenvalue weighted by molar-refractivity contribution is 5.90. The summed E-state index contributed by atoms with van der Waals surface area (Å²) in [6, 6.07) is 8.63. The SMILES string of the molecule is O=C(NCCC1Cc2ccccc2C1)C1(c2nn[nH]n2)CC1. The predicted molar refractivity (Wildman–Crippen MR) is 80.1 cm³/mol. The Hall–Kier alpha value is -2.24. The molecule has 1 amide bonds. The summed E-state index contributed by atoms with van der Waals surface area (Å²) in [5.41, 5.74) is 2.40. The summed E-state index contributed by atoms with van der Waals surface area (Å²) in [7, 11) is 0. The Morgan fingerprint density at radius 2 is 2.00 bits per heavy atom. The molecule has 0 radical (unpaired) electrons. The minimum Gasteiger partial charge on any atom is -0.355 e. The Morgan fingerprint density at radius 3 is 2.59 bits per heavy atom. The third-order valence-electron chi connectivity index (χ3n) is 4.93. The molecule has 1 fully saturated rings. The molecule has 6 heteroatoms. The van der Waals surface area contributed by atoms with Gasteiger partial charge in [0.05, 0.1) is 0 Å². The summed E-state index contributed by atoms with van der Waals surface area (Å²) >= 11 is 0. The molecule has 6 nitrogen and oxygen atoms in total. The smallest absolute Gasteiger partial charge is 0.234 e. The van der Waals surface area contributed by atoms with Crippen LogP contribution in [0.5, 0.6) is 0 Å². The zero-order chi connectivity index (χ0) is 15.0. The summed E-state index contributed by atoms with van der Waals surface area (Å²) < 4.78 is 0. The van der Waals surface area contributed by atoms with E-state index in [1.165, 1.54) is 11.1 Å². The second-order valence-electron chi connectivity index (χ2n) is 6.41. The number of hydrogen-bond donors (Lipinski definition) is 2. The van der Waals surface area contributed by atoms with Gasteiger partial charge in [0.15, 0.2) is 5.82 Å². The molecule has 2 aromatic rings. The zero-order valence-electron chi connectivity index (χ0n) is 12.4. The van der Waals surface area contributed by atoms with Crippen molar-refractivity contribution in [2.75, 3.05) is 6.54 Å². The van der Waals surface area contributed by atoms with Crippen LogP contribution in [0.2, 0.25) is 0 Å². The number of carbonyl (C=O) groups excluding carboxylic acids is 1. The molecule has 0 bridgehead atoms. The standard InChI is InChI=1S/C16H19N5O/c22-15(16(6-7-16)14-18-20-21-19-14)17-8-5-11-9-12-3-1-2-4-13(12)10-11/h1-4,11H,5-10H2,(H,17,22)(H,18,19,20,21). The number of hydrogen-bond acceptors (Lipinski definition) is 4. The Bertz CT molecular complexity index is 653. The van der Waals surface area contributed by atoms with Crippen LogP contribution in [0, 0.1) is 5.92 Å². The number of fused-ring (bicyclic) bond motifs is 1. The first-order valence-electron chi connectivity index (χ1n) is 7.87. The second-order valence-corrected chi connectivity index (χ2v) is 6.41. The number of H-pyrrole nitrogens is 1. The average Bonchev–Trinajstić information content (AvgIpc) is 2.99. The van der Waals surface area contributed by atoms with Gasteiger partial charge in [-0.2, -0.15) is 5.21 Å². The maximum atomic E-state index is 12.4. The van der Waals surface area contributed by atoms with Gasteiger partial charge in [0, 0.05) is 6.54 Å². The van der Waals surface area contributed by atoms with Crippen LogP contribution in [0.15, 0.2) is 24.3 Å². The average molecular weight is 297 g/mol. The van der Waals surface area contributed by atoms with Gasteiger partial charge in [-0.15, -0.1) is 10.2 Å². The van der Waals surface area contributed by atoms with Crippen LogP contribution in [0.1, 0.15) is 36.2 Å². The molecule has 0 spiro atoms. The molecule has 2 aliphatic rings. The van der Waals surface area contributed by atoms with E-state index in [-0.39, 0.29) is 5.91 Å². The van der Waals surface area contributed by atoms with Gasteiger partial charge < -0.3 is 5.32 Å². The maximum Gasteiger partial charge on any atom is 0.234 e. The molecule has 1 aromatic carbocycles. The van der Waals surface area contributed by atoms with Crippen molar-refractivity contribution in [3.05, 3.63) is 41.2 Å². The number of carbonyl (C=O) groups is 1. The van der Waals surface area contributed by atoms with E-state index in [2.05, 4.69) is 50.2 Å². The van der Waals surface area contributed by atoms with Crippen LogP contribution >= 0.6 is 0 Å². The van der Waals surface area contributed by atoms with Gasteiger partial charge in [0.1, 0.15) is 5.41 Å². The lowest BCUT2D eigenvalue weighted by molar-refractivity contribution is -0.123. The number of tetrazole rings is 1. The van der Waals surface area contributed by atoms with Gasteiger partial charge >= 0.3 is 0 Å². The lowest BCUT2D eigenvalue weighted by atomic mass is 10.0. The Morgan fingerprint density at radius 1 is 1.27 bits per heavy atom. The molecule has 0 atom stereocenters. The molecule has 1 aromatic heterocycles. The summed E-state index contributed by atoms with van der Waals surface area (Å²) in [5, 5.41) is 17.0. The first-order chi connectivity index (χ1) is 10.8. The van der Waals surface area contributed by atoms with E-state index >= 15 is 0 Å². The van der Waals surface area contributed by atoms with Gasteiger partial charge in [-0.05, 0) is 49.1 Å². The minimum absolute atomic E-state index is 0.0458. The molecule has 0 saturated heterocycles. The van der Waals surface area contributed by atoms with Crippen molar-refractivity contribution in [2.24, 2.45) is 5.92 Å². The fourth-order valence-electron chi connectivity index (χ4n) is 3.45.